The standard InChI is InChI=1S/C15H26N2O3Si/c1-11(12-5-6-12)14-9-13(15(18)19)16-17(14)10-20-7-8-21(2,3)4/h9,11-12H,5-8,10H2,1-4H3,(H,18,19). The lowest BCUT2D eigenvalue weighted by Gasteiger charge is -2.17. The highest BCUT2D eigenvalue weighted by Crippen LogP contribution is 2.42. The molecule has 5 nitrogen and oxygen atoms in total. The molecule has 1 saturated carbocycles. The fraction of sp³-hybridized carbons (Fsp3) is 0.733. The van der Waals surface area contributed by atoms with Gasteiger partial charge in [0.25, 0.3) is 0 Å². The van der Waals surface area contributed by atoms with Gasteiger partial charge in [0, 0.05) is 26.3 Å². The van der Waals surface area contributed by atoms with E-state index in [4.69, 9.17) is 9.84 Å². The van der Waals surface area contributed by atoms with Crippen LogP contribution in [0.3, 0.4) is 0 Å². The van der Waals surface area contributed by atoms with Crippen LogP contribution >= 0.6 is 0 Å². The van der Waals surface area contributed by atoms with E-state index in [0.29, 0.717) is 18.6 Å². The number of hydrogen-bond acceptors (Lipinski definition) is 3. The zero-order valence-corrected chi connectivity index (χ0v) is 14.4. The summed E-state index contributed by atoms with van der Waals surface area (Å²) in [5.41, 5.74) is 1.11. The van der Waals surface area contributed by atoms with Crippen LogP contribution in [0.1, 0.15) is 41.9 Å². The van der Waals surface area contributed by atoms with Crippen LogP contribution in [0.2, 0.25) is 25.7 Å². The SMILES string of the molecule is CC(c1cc(C(=O)O)nn1COCC[Si](C)(C)C)C1CC1. The summed E-state index contributed by atoms with van der Waals surface area (Å²) in [6.45, 7) is 10.2. The van der Waals surface area contributed by atoms with Crippen molar-refractivity contribution in [3.63, 3.8) is 0 Å². The second kappa shape index (κ2) is 6.32. The quantitative estimate of drug-likeness (QED) is 0.590. The number of rotatable bonds is 8. The van der Waals surface area contributed by atoms with E-state index in [1.807, 2.05) is 0 Å². The van der Waals surface area contributed by atoms with Gasteiger partial charge < -0.3 is 9.84 Å². The van der Waals surface area contributed by atoms with Crippen molar-refractivity contribution in [2.75, 3.05) is 6.61 Å². The Balaban J connectivity index is 2.00. The lowest BCUT2D eigenvalue weighted by molar-refractivity contribution is 0.0667. The molecule has 1 heterocycles. The Morgan fingerprint density at radius 2 is 2.19 bits per heavy atom. The molecule has 1 aliphatic carbocycles. The first-order chi connectivity index (χ1) is 9.78. The summed E-state index contributed by atoms with van der Waals surface area (Å²) in [6, 6.07) is 2.81. The average Bonchev–Trinajstić information content (AvgIpc) is 3.12. The Kier molecular flexibility index (Phi) is 4.88. The normalized spacial score (nSPS) is 17.0. The Morgan fingerprint density at radius 3 is 2.71 bits per heavy atom. The number of hydrogen-bond donors (Lipinski definition) is 1. The zero-order valence-electron chi connectivity index (χ0n) is 13.4. The molecule has 0 amide bonds. The number of aromatic carboxylic acids is 1. The van der Waals surface area contributed by atoms with E-state index in [1.165, 1.54) is 12.8 Å². The smallest absolute Gasteiger partial charge is 0.356 e. The van der Waals surface area contributed by atoms with E-state index >= 15 is 0 Å². The molecule has 0 radical (unpaired) electrons. The van der Waals surface area contributed by atoms with Gasteiger partial charge in [-0.3, -0.25) is 0 Å². The number of carboxylic acid groups (broad SMARTS) is 1. The number of carbonyl (C=O) groups is 1. The van der Waals surface area contributed by atoms with E-state index in [1.54, 1.807) is 10.7 Å². The van der Waals surface area contributed by atoms with Gasteiger partial charge in [-0.05, 0) is 30.9 Å². The molecule has 118 valence electrons. The van der Waals surface area contributed by atoms with Gasteiger partial charge in [0.15, 0.2) is 5.69 Å². The van der Waals surface area contributed by atoms with Crippen LogP contribution < -0.4 is 0 Å². The summed E-state index contributed by atoms with van der Waals surface area (Å²) in [4.78, 5) is 11.1. The fourth-order valence-electron chi connectivity index (χ4n) is 2.37. The molecule has 1 atom stereocenters. The molecule has 21 heavy (non-hydrogen) atoms. The molecule has 2 rings (SSSR count). The number of carboxylic acids is 1. The Bertz CT molecular complexity index is 504. The van der Waals surface area contributed by atoms with Crippen molar-refractivity contribution in [2.45, 2.75) is 58.1 Å². The average molecular weight is 310 g/mol. The van der Waals surface area contributed by atoms with Crippen LogP contribution in [0.5, 0.6) is 0 Å². The van der Waals surface area contributed by atoms with Crippen LogP contribution in [-0.2, 0) is 11.5 Å². The highest BCUT2D eigenvalue weighted by Gasteiger charge is 2.32. The van der Waals surface area contributed by atoms with Crippen LogP contribution in [0.25, 0.3) is 0 Å². The Hall–Kier alpha value is -1.14. The van der Waals surface area contributed by atoms with E-state index in [0.717, 1.165) is 18.3 Å². The minimum absolute atomic E-state index is 0.117. The van der Waals surface area contributed by atoms with E-state index in [9.17, 15) is 4.79 Å². The summed E-state index contributed by atoms with van der Waals surface area (Å²) >= 11 is 0. The second-order valence-electron chi connectivity index (χ2n) is 7.23. The zero-order chi connectivity index (χ0) is 15.6. The first-order valence-electron chi connectivity index (χ1n) is 7.67. The first-order valence-corrected chi connectivity index (χ1v) is 11.4. The van der Waals surface area contributed by atoms with Gasteiger partial charge in [-0.15, -0.1) is 0 Å². The Morgan fingerprint density at radius 1 is 1.52 bits per heavy atom. The maximum atomic E-state index is 11.1. The van der Waals surface area contributed by atoms with Gasteiger partial charge in [0.1, 0.15) is 6.73 Å². The van der Waals surface area contributed by atoms with Crippen LogP contribution in [0, 0.1) is 5.92 Å². The first kappa shape index (κ1) is 16.2. The molecule has 1 N–H and O–H groups in total. The third-order valence-electron chi connectivity index (χ3n) is 4.04. The molecule has 0 spiro atoms. The molecule has 1 fully saturated rings. The summed E-state index contributed by atoms with van der Waals surface area (Å²) in [5.74, 6) is 0.0513. The predicted octanol–water partition coefficient (Wildman–Crippen LogP) is 3.41. The highest BCUT2D eigenvalue weighted by atomic mass is 28.3. The van der Waals surface area contributed by atoms with Crippen molar-refractivity contribution in [3.8, 4) is 0 Å². The number of aromatic nitrogens is 2. The molecular weight excluding hydrogens is 284 g/mol. The fourth-order valence-corrected chi connectivity index (χ4v) is 3.13. The van der Waals surface area contributed by atoms with E-state index in [2.05, 4.69) is 31.7 Å². The van der Waals surface area contributed by atoms with E-state index in [-0.39, 0.29) is 5.69 Å². The largest absolute Gasteiger partial charge is 0.476 e. The number of ether oxygens (including phenoxy) is 1. The van der Waals surface area contributed by atoms with Crippen molar-refractivity contribution in [3.05, 3.63) is 17.5 Å². The summed E-state index contributed by atoms with van der Waals surface area (Å²) in [7, 11) is -1.10. The summed E-state index contributed by atoms with van der Waals surface area (Å²) in [6.07, 6.45) is 2.45. The molecule has 0 aromatic carbocycles. The van der Waals surface area contributed by atoms with Crippen molar-refractivity contribution in [1.82, 2.24) is 9.78 Å². The second-order valence-corrected chi connectivity index (χ2v) is 12.9. The molecule has 1 aliphatic rings. The monoisotopic (exact) mass is 310 g/mol. The van der Waals surface area contributed by atoms with Crippen molar-refractivity contribution in [2.24, 2.45) is 5.92 Å². The van der Waals surface area contributed by atoms with Gasteiger partial charge in [0.2, 0.25) is 0 Å². The molecule has 0 aliphatic heterocycles. The van der Waals surface area contributed by atoms with Crippen molar-refractivity contribution < 1.29 is 14.6 Å². The Labute approximate surface area is 127 Å². The van der Waals surface area contributed by atoms with Crippen LogP contribution in [0.4, 0.5) is 0 Å². The minimum Gasteiger partial charge on any atom is -0.476 e. The van der Waals surface area contributed by atoms with Crippen molar-refractivity contribution in [1.29, 1.82) is 0 Å². The lowest BCUT2D eigenvalue weighted by Crippen LogP contribution is -2.22. The van der Waals surface area contributed by atoms with Crippen LogP contribution in [0.15, 0.2) is 6.07 Å². The topological polar surface area (TPSA) is 64.3 Å². The van der Waals surface area contributed by atoms with Gasteiger partial charge in [-0.25, -0.2) is 9.48 Å². The molecule has 0 saturated heterocycles. The minimum atomic E-state index is -1.10. The van der Waals surface area contributed by atoms with Gasteiger partial charge in [-0.2, -0.15) is 5.10 Å². The lowest BCUT2D eigenvalue weighted by atomic mass is 10.0. The van der Waals surface area contributed by atoms with Gasteiger partial charge >= 0.3 is 5.97 Å². The molecule has 6 heteroatoms. The third-order valence-corrected chi connectivity index (χ3v) is 5.74. The van der Waals surface area contributed by atoms with Gasteiger partial charge in [-0.1, -0.05) is 26.6 Å². The summed E-state index contributed by atoms with van der Waals surface area (Å²) in [5, 5.41) is 13.3. The molecule has 1 aromatic rings. The van der Waals surface area contributed by atoms with Gasteiger partial charge in [0.05, 0.1) is 0 Å². The highest BCUT2D eigenvalue weighted by molar-refractivity contribution is 6.76. The summed E-state index contributed by atoms with van der Waals surface area (Å²) < 4.78 is 7.45. The third kappa shape index (κ3) is 4.67. The van der Waals surface area contributed by atoms with Crippen molar-refractivity contribution >= 4 is 14.0 Å². The maximum Gasteiger partial charge on any atom is 0.356 e. The molecule has 1 aromatic heterocycles. The number of nitrogens with zero attached hydrogens (tertiary/aromatic N) is 2. The molecular formula is C15H26N2O3Si. The molecule has 0 bridgehead atoms. The predicted molar refractivity (Wildman–Crippen MR) is 84.4 cm³/mol. The van der Waals surface area contributed by atoms with E-state index < -0.39 is 14.0 Å². The maximum absolute atomic E-state index is 11.1. The van der Waals surface area contributed by atoms with Crippen LogP contribution in [-0.4, -0.2) is 35.5 Å². The molecule has 1 unspecified atom stereocenters.